The van der Waals surface area contributed by atoms with Crippen molar-refractivity contribution in [3.8, 4) is 0 Å². The molecule has 0 rings (SSSR count). The van der Waals surface area contributed by atoms with E-state index < -0.39 is 0 Å². The molecule has 0 amide bonds. The van der Waals surface area contributed by atoms with Crippen molar-refractivity contribution in [2.75, 3.05) is 6.61 Å². The molecule has 0 saturated heterocycles. The molecule has 0 unspecified atom stereocenters. The Bertz CT molecular complexity index is 174. The third-order valence-electron chi connectivity index (χ3n) is 3.13. The SMILES string of the molecule is CCCCCCCCCCCCOC(=[NH2+])CC.[Br-]. The zero-order valence-corrected chi connectivity index (χ0v) is 13.9. The van der Waals surface area contributed by atoms with E-state index in [0.717, 1.165) is 19.4 Å². The maximum absolute atomic E-state index is 5.59. The van der Waals surface area contributed by atoms with Gasteiger partial charge in [0, 0.05) is 0 Å². The van der Waals surface area contributed by atoms with Gasteiger partial charge in [-0.15, -0.1) is 0 Å². The molecule has 0 saturated carbocycles. The van der Waals surface area contributed by atoms with E-state index >= 15 is 0 Å². The standard InChI is InChI=1S/C15H31NO.BrH/c1-3-5-6-7-8-9-10-11-12-13-14-17-15(16)4-2;/h16H,3-14H2,1-2H3;1H. The molecule has 2 N–H and O–H groups in total. The molecule has 110 valence electrons. The smallest absolute Gasteiger partial charge is 0.332 e. The van der Waals surface area contributed by atoms with Gasteiger partial charge in [-0.05, 0) is 6.42 Å². The van der Waals surface area contributed by atoms with E-state index in [-0.39, 0.29) is 17.0 Å². The molecule has 0 spiro atoms. The van der Waals surface area contributed by atoms with E-state index in [0.29, 0.717) is 5.90 Å². The second-order valence-corrected chi connectivity index (χ2v) is 4.85. The summed E-state index contributed by atoms with van der Waals surface area (Å²) in [4.78, 5) is 0. The maximum atomic E-state index is 5.59. The second kappa shape index (κ2) is 16.9. The highest BCUT2D eigenvalue weighted by atomic mass is 79.9. The first-order valence-electron chi connectivity index (χ1n) is 7.55. The highest BCUT2D eigenvalue weighted by Crippen LogP contribution is 2.10. The third kappa shape index (κ3) is 16.0. The first-order chi connectivity index (χ1) is 8.31. The van der Waals surface area contributed by atoms with Gasteiger partial charge >= 0.3 is 5.90 Å². The van der Waals surface area contributed by atoms with Gasteiger partial charge < -0.3 is 21.7 Å². The van der Waals surface area contributed by atoms with Crippen molar-refractivity contribution in [2.24, 2.45) is 0 Å². The fourth-order valence-corrected chi connectivity index (χ4v) is 1.89. The lowest BCUT2D eigenvalue weighted by atomic mass is 10.1. The summed E-state index contributed by atoms with van der Waals surface area (Å²) in [7, 11) is 0. The minimum atomic E-state index is 0. The average molecular weight is 322 g/mol. The molecule has 0 bridgehead atoms. The van der Waals surface area contributed by atoms with E-state index in [4.69, 9.17) is 10.1 Å². The Hall–Kier alpha value is -0.0500. The number of rotatable bonds is 12. The van der Waals surface area contributed by atoms with Crippen molar-refractivity contribution in [3.05, 3.63) is 0 Å². The largest absolute Gasteiger partial charge is 1.00 e. The van der Waals surface area contributed by atoms with Crippen molar-refractivity contribution in [3.63, 3.8) is 0 Å². The molecule has 0 aromatic rings. The van der Waals surface area contributed by atoms with Crippen LogP contribution < -0.4 is 22.4 Å². The zero-order chi connectivity index (χ0) is 12.8. The van der Waals surface area contributed by atoms with Gasteiger partial charge in [-0.3, -0.25) is 0 Å². The summed E-state index contributed by atoms with van der Waals surface area (Å²) in [5.41, 5.74) is 0. The monoisotopic (exact) mass is 321 g/mol. The third-order valence-corrected chi connectivity index (χ3v) is 3.13. The highest BCUT2D eigenvalue weighted by Gasteiger charge is 1.98. The molecular weight excluding hydrogens is 290 g/mol. The Morgan fingerprint density at radius 1 is 0.778 bits per heavy atom. The molecule has 0 aromatic heterocycles. The average Bonchev–Trinajstić information content (AvgIpc) is 2.35. The van der Waals surface area contributed by atoms with E-state index in [9.17, 15) is 0 Å². The van der Waals surface area contributed by atoms with E-state index in [2.05, 4.69) is 6.92 Å². The van der Waals surface area contributed by atoms with Crippen LogP contribution in [0.25, 0.3) is 0 Å². The van der Waals surface area contributed by atoms with E-state index in [1.807, 2.05) is 6.92 Å². The Kier molecular flexibility index (Phi) is 19.1. The molecule has 18 heavy (non-hydrogen) atoms. The van der Waals surface area contributed by atoms with Crippen molar-refractivity contribution >= 4 is 5.90 Å². The van der Waals surface area contributed by atoms with Crippen LogP contribution in [0.2, 0.25) is 0 Å². The summed E-state index contributed by atoms with van der Waals surface area (Å²) >= 11 is 0. The maximum Gasteiger partial charge on any atom is 0.332 e. The molecule has 0 aromatic carbocycles. The van der Waals surface area contributed by atoms with Crippen LogP contribution in [0.3, 0.4) is 0 Å². The summed E-state index contributed by atoms with van der Waals surface area (Å²) < 4.78 is 5.36. The normalized spacial score (nSPS) is 9.89. The Morgan fingerprint density at radius 3 is 1.67 bits per heavy atom. The van der Waals surface area contributed by atoms with Crippen LogP contribution in [-0.4, -0.2) is 12.5 Å². The second-order valence-electron chi connectivity index (χ2n) is 4.85. The molecule has 0 aliphatic carbocycles. The van der Waals surface area contributed by atoms with Crippen molar-refractivity contribution in [1.82, 2.24) is 0 Å². The van der Waals surface area contributed by atoms with E-state index in [1.54, 1.807) is 0 Å². The number of nitrogens with two attached hydrogens (primary N) is 1. The molecule has 0 heterocycles. The molecular formula is C15H32BrNO. The molecule has 0 radical (unpaired) electrons. The van der Waals surface area contributed by atoms with Gasteiger partial charge in [0.15, 0.2) is 0 Å². The first-order valence-corrected chi connectivity index (χ1v) is 7.55. The van der Waals surface area contributed by atoms with Gasteiger partial charge in [-0.1, -0.05) is 71.6 Å². The number of hydrogen-bond acceptors (Lipinski definition) is 1. The topological polar surface area (TPSA) is 34.8 Å². The minimum absolute atomic E-state index is 0. The quantitative estimate of drug-likeness (QED) is 0.317. The van der Waals surface area contributed by atoms with Gasteiger partial charge in [-0.25, -0.2) is 5.41 Å². The number of ether oxygens (including phenoxy) is 1. The van der Waals surface area contributed by atoms with Crippen LogP contribution in [-0.2, 0) is 4.74 Å². The number of unbranched alkanes of at least 4 members (excludes halogenated alkanes) is 9. The summed E-state index contributed by atoms with van der Waals surface area (Å²) in [5, 5.41) is 5.59. The van der Waals surface area contributed by atoms with E-state index in [1.165, 1.54) is 57.8 Å². The van der Waals surface area contributed by atoms with Gasteiger partial charge in [0.2, 0.25) is 0 Å². The zero-order valence-electron chi connectivity index (χ0n) is 12.3. The fraction of sp³-hybridized carbons (Fsp3) is 0.933. The molecule has 0 atom stereocenters. The van der Waals surface area contributed by atoms with Gasteiger partial charge in [-0.2, -0.15) is 0 Å². The van der Waals surface area contributed by atoms with Crippen molar-refractivity contribution in [2.45, 2.75) is 84.5 Å². The van der Waals surface area contributed by atoms with Crippen molar-refractivity contribution in [1.29, 1.82) is 0 Å². The van der Waals surface area contributed by atoms with Crippen molar-refractivity contribution < 1.29 is 27.1 Å². The van der Waals surface area contributed by atoms with Gasteiger partial charge in [0.05, 0.1) is 13.0 Å². The van der Waals surface area contributed by atoms with Crippen LogP contribution in [0.4, 0.5) is 0 Å². The summed E-state index contributed by atoms with van der Waals surface area (Å²) in [6.45, 7) is 5.09. The van der Waals surface area contributed by atoms with Crippen LogP contribution in [0.15, 0.2) is 0 Å². The van der Waals surface area contributed by atoms with Gasteiger partial charge in [0.25, 0.3) is 0 Å². The van der Waals surface area contributed by atoms with Gasteiger partial charge in [0.1, 0.15) is 0 Å². The summed E-state index contributed by atoms with van der Waals surface area (Å²) in [5.74, 6) is 0.681. The lowest BCUT2D eigenvalue weighted by Crippen LogP contribution is -3.00. The van der Waals surface area contributed by atoms with Crippen LogP contribution in [0, 0.1) is 0 Å². The Labute approximate surface area is 124 Å². The van der Waals surface area contributed by atoms with Crippen LogP contribution >= 0.6 is 0 Å². The molecule has 0 aliphatic rings. The Balaban J connectivity index is 0. The number of halogens is 1. The summed E-state index contributed by atoms with van der Waals surface area (Å²) in [6, 6.07) is 0. The molecule has 0 aliphatic heterocycles. The molecule has 3 heteroatoms. The number of hydrogen-bond donors (Lipinski definition) is 1. The van der Waals surface area contributed by atoms with Crippen LogP contribution in [0.5, 0.6) is 0 Å². The predicted octanol–water partition coefficient (Wildman–Crippen LogP) is 0.496. The molecule has 2 nitrogen and oxygen atoms in total. The lowest BCUT2D eigenvalue weighted by Gasteiger charge is -2.03. The molecule has 0 fully saturated rings. The minimum Gasteiger partial charge on any atom is -1.00 e. The first kappa shape index (κ1) is 20.3. The Morgan fingerprint density at radius 2 is 1.22 bits per heavy atom. The lowest BCUT2D eigenvalue weighted by molar-refractivity contribution is -0.143. The van der Waals surface area contributed by atoms with Crippen LogP contribution in [0.1, 0.15) is 84.5 Å². The fourth-order valence-electron chi connectivity index (χ4n) is 1.89. The predicted molar refractivity (Wildman–Crippen MR) is 75.0 cm³/mol. The highest BCUT2D eigenvalue weighted by molar-refractivity contribution is 5.68. The summed E-state index contributed by atoms with van der Waals surface area (Å²) in [6.07, 6.45) is 14.4.